The van der Waals surface area contributed by atoms with Crippen LogP contribution in [-0.4, -0.2) is 10.1 Å². The van der Waals surface area contributed by atoms with E-state index in [-0.39, 0.29) is 0 Å². The number of rotatable bonds is 3. The molecule has 2 aromatic rings. The summed E-state index contributed by atoms with van der Waals surface area (Å²) < 4.78 is 0. The third kappa shape index (κ3) is 3.05. The fourth-order valence-corrected chi connectivity index (χ4v) is 1.89. The molecule has 0 fully saturated rings. The standard InChI is InChI=1S/C14H14ClNO/c1-14(17,10-13-4-2-3-9-16-13)11-5-7-12(15)8-6-11/h2-9,17H,10H2,1H3/t14-/m0/s1. The van der Waals surface area contributed by atoms with Crippen LogP contribution < -0.4 is 0 Å². The zero-order chi connectivity index (χ0) is 12.3. The molecule has 1 atom stereocenters. The van der Waals surface area contributed by atoms with Gasteiger partial charge in [-0.15, -0.1) is 0 Å². The van der Waals surface area contributed by atoms with Gasteiger partial charge in [0.05, 0.1) is 5.60 Å². The van der Waals surface area contributed by atoms with Gasteiger partial charge in [-0.1, -0.05) is 29.8 Å². The van der Waals surface area contributed by atoms with E-state index in [2.05, 4.69) is 4.98 Å². The van der Waals surface area contributed by atoms with Gasteiger partial charge in [0.2, 0.25) is 0 Å². The summed E-state index contributed by atoms with van der Waals surface area (Å²) in [5.41, 5.74) is 0.777. The van der Waals surface area contributed by atoms with Crippen LogP contribution in [0.15, 0.2) is 48.7 Å². The summed E-state index contributed by atoms with van der Waals surface area (Å²) in [6.07, 6.45) is 2.21. The van der Waals surface area contributed by atoms with Crippen LogP contribution >= 0.6 is 11.6 Å². The third-order valence-corrected chi connectivity index (χ3v) is 2.97. The van der Waals surface area contributed by atoms with E-state index in [9.17, 15) is 5.11 Å². The van der Waals surface area contributed by atoms with Crippen LogP contribution in [0.5, 0.6) is 0 Å². The molecule has 17 heavy (non-hydrogen) atoms. The maximum atomic E-state index is 10.4. The van der Waals surface area contributed by atoms with E-state index in [0.29, 0.717) is 11.4 Å². The fraction of sp³-hybridized carbons (Fsp3) is 0.214. The van der Waals surface area contributed by atoms with Crippen LogP contribution in [0.25, 0.3) is 0 Å². The monoisotopic (exact) mass is 247 g/mol. The first-order valence-electron chi connectivity index (χ1n) is 5.46. The van der Waals surface area contributed by atoms with Gasteiger partial charge in [0.1, 0.15) is 0 Å². The number of benzene rings is 1. The molecule has 2 nitrogen and oxygen atoms in total. The summed E-state index contributed by atoms with van der Waals surface area (Å²) in [5, 5.41) is 11.1. The third-order valence-electron chi connectivity index (χ3n) is 2.72. The van der Waals surface area contributed by atoms with Crippen molar-refractivity contribution in [1.29, 1.82) is 0 Å². The second-order valence-corrected chi connectivity index (χ2v) is 4.72. The molecule has 0 bridgehead atoms. The number of hydrogen-bond acceptors (Lipinski definition) is 2. The van der Waals surface area contributed by atoms with E-state index in [1.807, 2.05) is 30.3 Å². The lowest BCUT2D eigenvalue weighted by atomic mass is 9.91. The van der Waals surface area contributed by atoms with E-state index in [1.165, 1.54) is 0 Å². The van der Waals surface area contributed by atoms with Crippen molar-refractivity contribution in [2.24, 2.45) is 0 Å². The first-order chi connectivity index (χ1) is 8.08. The van der Waals surface area contributed by atoms with Crippen LogP contribution in [0, 0.1) is 0 Å². The number of pyridine rings is 1. The first-order valence-corrected chi connectivity index (χ1v) is 5.84. The lowest BCUT2D eigenvalue weighted by Gasteiger charge is -2.23. The lowest BCUT2D eigenvalue weighted by Crippen LogP contribution is -2.24. The molecule has 0 spiro atoms. The molecule has 0 radical (unpaired) electrons. The van der Waals surface area contributed by atoms with Gasteiger partial charge in [-0.3, -0.25) is 4.98 Å². The number of hydrogen-bond donors (Lipinski definition) is 1. The van der Waals surface area contributed by atoms with Crippen LogP contribution in [0.1, 0.15) is 18.2 Å². The smallest absolute Gasteiger partial charge is 0.0923 e. The number of nitrogens with zero attached hydrogens (tertiary/aromatic N) is 1. The Morgan fingerprint density at radius 2 is 1.88 bits per heavy atom. The molecule has 0 amide bonds. The Balaban J connectivity index is 2.21. The molecule has 3 heteroatoms. The normalized spacial score (nSPS) is 14.3. The molecular weight excluding hydrogens is 234 g/mol. The molecule has 1 N–H and O–H groups in total. The van der Waals surface area contributed by atoms with E-state index in [4.69, 9.17) is 11.6 Å². The van der Waals surface area contributed by atoms with Gasteiger partial charge in [0, 0.05) is 23.3 Å². The number of aliphatic hydroxyl groups is 1. The zero-order valence-corrected chi connectivity index (χ0v) is 10.4. The molecule has 0 aliphatic rings. The Bertz CT molecular complexity index is 479. The molecule has 88 valence electrons. The minimum atomic E-state index is -0.932. The van der Waals surface area contributed by atoms with Gasteiger partial charge in [-0.05, 0) is 36.8 Å². The molecule has 1 heterocycles. The van der Waals surface area contributed by atoms with Crippen LogP contribution in [0.2, 0.25) is 5.02 Å². The topological polar surface area (TPSA) is 33.1 Å². The van der Waals surface area contributed by atoms with E-state index < -0.39 is 5.60 Å². The van der Waals surface area contributed by atoms with Crippen molar-refractivity contribution in [2.45, 2.75) is 18.9 Å². The van der Waals surface area contributed by atoms with Crippen molar-refractivity contribution >= 4 is 11.6 Å². The minimum absolute atomic E-state index is 0.482. The van der Waals surface area contributed by atoms with Gasteiger partial charge in [-0.25, -0.2) is 0 Å². The zero-order valence-electron chi connectivity index (χ0n) is 9.60. The first kappa shape index (κ1) is 12.1. The van der Waals surface area contributed by atoms with Crippen molar-refractivity contribution in [3.05, 3.63) is 64.9 Å². The molecule has 0 aliphatic carbocycles. The van der Waals surface area contributed by atoms with Crippen molar-refractivity contribution in [3.63, 3.8) is 0 Å². The molecule has 2 rings (SSSR count). The summed E-state index contributed by atoms with van der Waals surface area (Å²) in [7, 11) is 0. The Kier molecular flexibility index (Phi) is 3.46. The molecule has 1 aromatic heterocycles. The van der Waals surface area contributed by atoms with E-state index >= 15 is 0 Å². The summed E-state index contributed by atoms with van der Waals surface area (Å²) in [5.74, 6) is 0. The Labute approximate surface area is 106 Å². The highest BCUT2D eigenvalue weighted by molar-refractivity contribution is 6.30. The largest absolute Gasteiger partial charge is 0.385 e. The van der Waals surface area contributed by atoms with Crippen LogP contribution in [0.4, 0.5) is 0 Å². The van der Waals surface area contributed by atoms with Crippen molar-refractivity contribution in [3.8, 4) is 0 Å². The highest BCUT2D eigenvalue weighted by Crippen LogP contribution is 2.25. The van der Waals surface area contributed by atoms with Gasteiger partial charge in [-0.2, -0.15) is 0 Å². The lowest BCUT2D eigenvalue weighted by molar-refractivity contribution is 0.0566. The molecule has 0 saturated heterocycles. The summed E-state index contributed by atoms with van der Waals surface area (Å²) in [4.78, 5) is 4.22. The predicted octanol–water partition coefficient (Wildman–Crippen LogP) is 3.19. The Morgan fingerprint density at radius 1 is 1.18 bits per heavy atom. The SMILES string of the molecule is C[C@](O)(Cc1ccccn1)c1ccc(Cl)cc1. The van der Waals surface area contributed by atoms with Crippen molar-refractivity contribution in [1.82, 2.24) is 4.98 Å². The summed E-state index contributed by atoms with van der Waals surface area (Å²) in [6.45, 7) is 1.78. The van der Waals surface area contributed by atoms with Crippen molar-refractivity contribution in [2.75, 3.05) is 0 Å². The van der Waals surface area contributed by atoms with Gasteiger partial charge in [0.25, 0.3) is 0 Å². The van der Waals surface area contributed by atoms with E-state index in [1.54, 1.807) is 25.3 Å². The molecule has 1 aromatic carbocycles. The minimum Gasteiger partial charge on any atom is -0.385 e. The molecule has 0 saturated carbocycles. The van der Waals surface area contributed by atoms with Crippen molar-refractivity contribution < 1.29 is 5.11 Å². The average Bonchev–Trinajstić information content (AvgIpc) is 2.30. The highest BCUT2D eigenvalue weighted by Gasteiger charge is 2.23. The second-order valence-electron chi connectivity index (χ2n) is 4.28. The molecule has 0 aliphatic heterocycles. The number of halogens is 1. The second kappa shape index (κ2) is 4.86. The highest BCUT2D eigenvalue weighted by atomic mass is 35.5. The summed E-state index contributed by atoms with van der Waals surface area (Å²) >= 11 is 5.83. The Hall–Kier alpha value is -1.38. The fourth-order valence-electron chi connectivity index (χ4n) is 1.77. The maximum absolute atomic E-state index is 10.4. The molecule has 0 unspecified atom stereocenters. The van der Waals surface area contributed by atoms with Crippen LogP contribution in [0.3, 0.4) is 0 Å². The quantitative estimate of drug-likeness (QED) is 0.904. The Morgan fingerprint density at radius 3 is 2.47 bits per heavy atom. The van der Waals surface area contributed by atoms with Crippen LogP contribution in [-0.2, 0) is 12.0 Å². The van der Waals surface area contributed by atoms with E-state index in [0.717, 1.165) is 11.3 Å². The van der Waals surface area contributed by atoms with Gasteiger partial charge in [0.15, 0.2) is 0 Å². The number of aromatic nitrogens is 1. The summed E-state index contributed by atoms with van der Waals surface area (Å²) in [6, 6.07) is 12.9. The average molecular weight is 248 g/mol. The molecular formula is C14H14ClNO. The van der Waals surface area contributed by atoms with Gasteiger partial charge < -0.3 is 5.11 Å². The predicted molar refractivity (Wildman–Crippen MR) is 69.0 cm³/mol. The van der Waals surface area contributed by atoms with Gasteiger partial charge >= 0.3 is 0 Å². The maximum Gasteiger partial charge on any atom is 0.0923 e.